The summed E-state index contributed by atoms with van der Waals surface area (Å²) in [5, 5.41) is 3.29. The van der Waals surface area contributed by atoms with Crippen molar-refractivity contribution in [2.45, 2.75) is 51.9 Å². The van der Waals surface area contributed by atoms with Gasteiger partial charge in [-0.25, -0.2) is 4.79 Å². The predicted molar refractivity (Wildman–Crippen MR) is 95.6 cm³/mol. The molecule has 6 nitrogen and oxygen atoms in total. The molecule has 3 rings (SSSR count). The van der Waals surface area contributed by atoms with Gasteiger partial charge in [-0.05, 0) is 46.8 Å². The van der Waals surface area contributed by atoms with Gasteiger partial charge in [-0.15, -0.1) is 0 Å². The molecule has 0 spiro atoms. The molecule has 1 amide bonds. The number of carbonyl (C=O) groups is 1. The zero-order valence-corrected chi connectivity index (χ0v) is 15.9. The van der Waals surface area contributed by atoms with E-state index in [0.29, 0.717) is 17.4 Å². The van der Waals surface area contributed by atoms with Crippen LogP contribution < -0.4 is 15.5 Å². The van der Waals surface area contributed by atoms with Gasteiger partial charge in [0, 0.05) is 22.6 Å². The number of ether oxygens (including phenoxy) is 2. The molecule has 0 aliphatic carbocycles. The van der Waals surface area contributed by atoms with Crippen LogP contribution in [0.15, 0.2) is 12.1 Å². The molecule has 1 N–H and O–H groups in total. The molecule has 8 heteroatoms. The average Bonchev–Trinajstić information content (AvgIpc) is 2.75. The van der Waals surface area contributed by atoms with E-state index in [1.165, 1.54) is 0 Å². The lowest BCUT2D eigenvalue weighted by atomic mass is 9.77. The fourth-order valence-corrected chi connectivity index (χ4v) is 3.16. The standard InChI is InChI=1S/C17H23BClNO5/c1-16(2,3)23-15(21)20-8-12-13-10(19)6-7-11-14(13)18(24-12)25-17(4,5)9-22-11/h6-7,12H,8-9H2,1-5H3,(H,20,21). The van der Waals surface area contributed by atoms with E-state index in [1.54, 1.807) is 6.07 Å². The van der Waals surface area contributed by atoms with Crippen LogP contribution in [0, 0.1) is 0 Å². The number of nitrogens with one attached hydrogen (secondary N) is 1. The number of hydrogen-bond acceptors (Lipinski definition) is 5. The first-order valence-electron chi connectivity index (χ1n) is 8.31. The number of hydrogen-bond donors (Lipinski definition) is 1. The maximum Gasteiger partial charge on any atom is 0.499 e. The molecule has 2 heterocycles. The molecule has 136 valence electrons. The summed E-state index contributed by atoms with van der Waals surface area (Å²) in [5.41, 5.74) is 0.529. The van der Waals surface area contributed by atoms with E-state index in [1.807, 2.05) is 40.7 Å². The van der Waals surface area contributed by atoms with Crippen LogP contribution in [-0.2, 0) is 14.0 Å². The Kier molecular flexibility index (Phi) is 4.68. The molecule has 0 aromatic heterocycles. The Morgan fingerprint density at radius 1 is 1.44 bits per heavy atom. The Morgan fingerprint density at radius 3 is 2.84 bits per heavy atom. The quantitative estimate of drug-likeness (QED) is 0.814. The Hall–Kier alpha value is -1.44. The molecule has 0 fully saturated rings. The van der Waals surface area contributed by atoms with Crippen LogP contribution >= 0.6 is 11.6 Å². The van der Waals surface area contributed by atoms with Gasteiger partial charge in [0.2, 0.25) is 0 Å². The third kappa shape index (κ3) is 4.05. The Balaban J connectivity index is 1.80. The number of rotatable bonds is 2. The van der Waals surface area contributed by atoms with Gasteiger partial charge in [0.05, 0.1) is 11.7 Å². The lowest BCUT2D eigenvalue weighted by Gasteiger charge is -2.25. The molecule has 25 heavy (non-hydrogen) atoms. The first-order valence-corrected chi connectivity index (χ1v) is 8.69. The number of benzene rings is 1. The van der Waals surface area contributed by atoms with E-state index in [2.05, 4.69) is 5.32 Å². The van der Waals surface area contributed by atoms with Crippen LogP contribution in [0.2, 0.25) is 5.02 Å². The first-order chi connectivity index (χ1) is 11.6. The molecule has 0 saturated carbocycles. The lowest BCUT2D eigenvalue weighted by Crippen LogP contribution is -2.41. The average molecular weight is 368 g/mol. The Bertz CT molecular complexity index is 688. The number of carbonyl (C=O) groups excluding carboxylic acids is 1. The largest absolute Gasteiger partial charge is 0.499 e. The molecule has 1 unspecified atom stereocenters. The van der Waals surface area contributed by atoms with Crippen molar-refractivity contribution in [2.75, 3.05) is 13.2 Å². The maximum atomic E-state index is 11.9. The van der Waals surface area contributed by atoms with E-state index in [9.17, 15) is 4.79 Å². The van der Waals surface area contributed by atoms with Gasteiger partial charge >= 0.3 is 13.2 Å². The molecule has 1 aromatic rings. The van der Waals surface area contributed by atoms with Gasteiger partial charge in [-0.1, -0.05) is 11.6 Å². The minimum absolute atomic E-state index is 0.228. The minimum Gasteiger partial charge on any atom is -0.491 e. The molecular weight excluding hydrogens is 344 g/mol. The molecule has 1 aromatic carbocycles. The second kappa shape index (κ2) is 6.38. The highest BCUT2D eigenvalue weighted by molar-refractivity contribution is 6.65. The molecular formula is C17H23BClNO5. The van der Waals surface area contributed by atoms with Crippen molar-refractivity contribution >= 4 is 30.3 Å². The molecule has 0 radical (unpaired) electrons. The fourth-order valence-electron chi connectivity index (χ4n) is 2.87. The highest BCUT2D eigenvalue weighted by Gasteiger charge is 2.46. The van der Waals surface area contributed by atoms with Gasteiger partial charge in [-0.3, -0.25) is 0 Å². The fraction of sp³-hybridized carbons (Fsp3) is 0.588. The topological polar surface area (TPSA) is 66.0 Å². The van der Waals surface area contributed by atoms with Crippen molar-refractivity contribution in [3.8, 4) is 5.75 Å². The van der Waals surface area contributed by atoms with Gasteiger partial charge in [-0.2, -0.15) is 0 Å². The lowest BCUT2D eigenvalue weighted by molar-refractivity contribution is 0.0250. The highest BCUT2D eigenvalue weighted by Crippen LogP contribution is 2.37. The van der Waals surface area contributed by atoms with E-state index < -0.39 is 30.5 Å². The first kappa shape index (κ1) is 18.4. The van der Waals surface area contributed by atoms with Crippen LogP contribution in [0.1, 0.15) is 46.3 Å². The smallest absolute Gasteiger partial charge is 0.491 e. The zero-order valence-electron chi connectivity index (χ0n) is 15.1. The number of halogens is 1. The summed E-state index contributed by atoms with van der Waals surface area (Å²) in [5.74, 6) is 0.703. The van der Waals surface area contributed by atoms with Crippen molar-refractivity contribution < 1.29 is 23.6 Å². The second-order valence-electron chi connectivity index (χ2n) is 7.88. The summed E-state index contributed by atoms with van der Waals surface area (Å²) in [6.45, 7) is 9.96. The summed E-state index contributed by atoms with van der Waals surface area (Å²) >= 11 is 6.39. The summed E-state index contributed by atoms with van der Waals surface area (Å²) in [6, 6.07) is 3.60. The summed E-state index contributed by atoms with van der Waals surface area (Å²) in [6.07, 6.45) is -0.935. The van der Waals surface area contributed by atoms with Crippen LogP contribution in [0.5, 0.6) is 5.75 Å². The van der Waals surface area contributed by atoms with Crippen molar-refractivity contribution in [1.82, 2.24) is 5.32 Å². The van der Waals surface area contributed by atoms with Crippen molar-refractivity contribution in [2.24, 2.45) is 0 Å². The van der Waals surface area contributed by atoms with E-state index >= 15 is 0 Å². The number of alkyl carbamates (subject to hydrolysis) is 1. The van der Waals surface area contributed by atoms with Crippen LogP contribution in [0.25, 0.3) is 0 Å². The number of amides is 1. The van der Waals surface area contributed by atoms with Crippen molar-refractivity contribution in [3.63, 3.8) is 0 Å². The normalized spacial score (nSPS) is 21.2. The molecule has 0 bridgehead atoms. The van der Waals surface area contributed by atoms with E-state index in [0.717, 1.165) is 11.0 Å². The van der Waals surface area contributed by atoms with Crippen LogP contribution in [0.4, 0.5) is 4.79 Å². The molecule has 1 atom stereocenters. The van der Waals surface area contributed by atoms with Crippen LogP contribution in [-0.4, -0.2) is 37.6 Å². The van der Waals surface area contributed by atoms with Gasteiger partial charge in [0.1, 0.15) is 18.0 Å². The molecule has 2 aliphatic rings. The van der Waals surface area contributed by atoms with E-state index in [4.69, 9.17) is 30.4 Å². The summed E-state index contributed by atoms with van der Waals surface area (Å²) in [4.78, 5) is 11.9. The van der Waals surface area contributed by atoms with Gasteiger partial charge < -0.3 is 24.1 Å². The van der Waals surface area contributed by atoms with Crippen molar-refractivity contribution in [3.05, 3.63) is 22.7 Å². The zero-order chi connectivity index (χ0) is 18.4. The molecule has 2 aliphatic heterocycles. The summed E-state index contributed by atoms with van der Waals surface area (Å²) in [7, 11) is -0.577. The van der Waals surface area contributed by atoms with Gasteiger partial charge in [0.15, 0.2) is 0 Å². The van der Waals surface area contributed by atoms with E-state index in [-0.39, 0.29) is 6.54 Å². The Labute approximate surface area is 153 Å². The predicted octanol–water partition coefficient (Wildman–Crippen LogP) is 2.82. The molecule has 0 saturated heterocycles. The Morgan fingerprint density at radius 2 is 2.16 bits per heavy atom. The third-order valence-corrected chi connectivity index (χ3v) is 4.20. The maximum absolute atomic E-state index is 11.9. The monoisotopic (exact) mass is 367 g/mol. The van der Waals surface area contributed by atoms with Gasteiger partial charge in [0.25, 0.3) is 0 Å². The highest BCUT2D eigenvalue weighted by atomic mass is 35.5. The van der Waals surface area contributed by atoms with Crippen molar-refractivity contribution in [1.29, 1.82) is 0 Å². The third-order valence-electron chi connectivity index (χ3n) is 3.87. The second-order valence-corrected chi connectivity index (χ2v) is 8.29. The SMILES string of the molecule is CC(C)(C)OC(=O)NCC1OB2OC(C)(C)COc3ccc(Cl)c1c32. The van der Waals surface area contributed by atoms with Crippen LogP contribution in [0.3, 0.4) is 0 Å². The summed E-state index contributed by atoms with van der Waals surface area (Å²) < 4.78 is 23.2. The minimum atomic E-state index is -0.577.